The number of carbonyl (C=O) groups is 1. The third-order valence-electron chi connectivity index (χ3n) is 3.01. The number of hydrogen-bond donors (Lipinski definition) is 1. The fraction of sp³-hybridized carbons (Fsp3) is 0. The molecule has 0 aliphatic rings. The van der Waals surface area contributed by atoms with Gasteiger partial charge in [-0.05, 0) is 30.3 Å². The van der Waals surface area contributed by atoms with Gasteiger partial charge in [-0.25, -0.2) is 0 Å². The van der Waals surface area contributed by atoms with Crippen molar-refractivity contribution in [3.63, 3.8) is 0 Å². The first-order chi connectivity index (χ1) is 9.54. The van der Waals surface area contributed by atoms with Gasteiger partial charge in [0.25, 0.3) is 0 Å². The maximum Gasteiger partial charge on any atom is 0.195 e. The van der Waals surface area contributed by atoms with Crippen LogP contribution in [0.5, 0.6) is 0 Å². The SMILES string of the molecule is O=C(c1cc(Cl)cc(Br)c1)c1c[nH]c2cc(Br)ccc12. The number of rotatable bonds is 2. The molecular formula is C15H8Br2ClNO. The van der Waals surface area contributed by atoms with E-state index in [0.717, 1.165) is 19.8 Å². The third-order valence-corrected chi connectivity index (χ3v) is 4.18. The number of aromatic nitrogens is 1. The van der Waals surface area contributed by atoms with E-state index in [2.05, 4.69) is 36.8 Å². The summed E-state index contributed by atoms with van der Waals surface area (Å²) in [4.78, 5) is 15.7. The summed E-state index contributed by atoms with van der Waals surface area (Å²) in [5.74, 6) is -0.0539. The number of halogens is 3. The molecule has 0 fully saturated rings. The van der Waals surface area contributed by atoms with Crippen LogP contribution in [-0.4, -0.2) is 10.8 Å². The average molecular weight is 413 g/mol. The molecule has 3 rings (SSSR count). The number of fused-ring (bicyclic) bond motifs is 1. The molecule has 3 aromatic rings. The monoisotopic (exact) mass is 411 g/mol. The van der Waals surface area contributed by atoms with E-state index in [0.29, 0.717) is 16.1 Å². The lowest BCUT2D eigenvalue weighted by Crippen LogP contribution is -2.00. The van der Waals surface area contributed by atoms with E-state index >= 15 is 0 Å². The molecule has 0 radical (unpaired) electrons. The summed E-state index contributed by atoms with van der Waals surface area (Å²) in [6.45, 7) is 0. The minimum atomic E-state index is -0.0539. The Morgan fingerprint density at radius 2 is 1.85 bits per heavy atom. The zero-order chi connectivity index (χ0) is 14.3. The number of aromatic amines is 1. The van der Waals surface area contributed by atoms with Gasteiger partial charge in [0.2, 0.25) is 0 Å². The van der Waals surface area contributed by atoms with Gasteiger partial charge in [0.1, 0.15) is 0 Å². The Balaban J connectivity index is 2.12. The lowest BCUT2D eigenvalue weighted by Gasteiger charge is -2.02. The molecular weight excluding hydrogens is 405 g/mol. The molecule has 2 aromatic carbocycles. The van der Waals surface area contributed by atoms with E-state index in [1.54, 1.807) is 24.4 Å². The van der Waals surface area contributed by atoms with Crippen molar-refractivity contribution >= 4 is 60.1 Å². The second kappa shape index (κ2) is 5.35. The summed E-state index contributed by atoms with van der Waals surface area (Å²) < 4.78 is 1.76. The van der Waals surface area contributed by atoms with Crippen LogP contribution in [-0.2, 0) is 0 Å². The zero-order valence-corrected chi connectivity index (χ0v) is 14.0. The smallest absolute Gasteiger partial charge is 0.195 e. The first kappa shape index (κ1) is 13.9. The van der Waals surface area contributed by atoms with Crippen molar-refractivity contribution in [2.75, 3.05) is 0 Å². The Hall–Kier alpha value is -1.10. The van der Waals surface area contributed by atoms with Crippen LogP contribution in [0.2, 0.25) is 5.02 Å². The van der Waals surface area contributed by atoms with Crippen LogP contribution in [0.25, 0.3) is 10.9 Å². The third kappa shape index (κ3) is 2.55. The fourth-order valence-electron chi connectivity index (χ4n) is 2.13. The molecule has 0 saturated heterocycles. The molecule has 1 aromatic heterocycles. The zero-order valence-electron chi connectivity index (χ0n) is 10.1. The largest absolute Gasteiger partial charge is 0.360 e. The summed E-state index contributed by atoms with van der Waals surface area (Å²) in [5, 5.41) is 1.43. The van der Waals surface area contributed by atoms with Crippen molar-refractivity contribution in [2.45, 2.75) is 0 Å². The quantitative estimate of drug-likeness (QED) is 0.547. The standard InChI is InChI=1S/C15H8Br2ClNO/c16-9-1-2-12-13(7-19-14(12)6-9)15(20)8-3-10(17)5-11(18)4-8/h1-7,19H. The molecule has 20 heavy (non-hydrogen) atoms. The maximum absolute atomic E-state index is 12.6. The molecule has 0 bridgehead atoms. The van der Waals surface area contributed by atoms with E-state index in [-0.39, 0.29) is 5.78 Å². The molecule has 0 aliphatic carbocycles. The van der Waals surface area contributed by atoms with Gasteiger partial charge in [0, 0.05) is 42.2 Å². The molecule has 1 N–H and O–H groups in total. The normalized spacial score (nSPS) is 10.9. The van der Waals surface area contributed by atoms with Crippen LogP contribution in [0.1, 0.15) is 15.9 Å². The number of benzene rings is 2. The van der Waals surface area contributed by atoms with Gasteiger partial charge in [0.15, 0.2) is 5.78 Å². The van der Waals surface area contributed by atoms with Crippen molar-refractivity contribution in [3.8, 4) is 0 Å². The summed E-state index contributed by atoms with van der Waals surface area (Å²) in [5.41, 5.74) is 2.12. The fourth-order valence-corrected chi connectivity index (χ4v) is 3.35. The van der Waals surface area contributed by atoms with Crippen LogP contribution in [0.4, 0.5) is 0 Å². The topological polar surface area (TPSA) is 32.9 Å². The maximum atomic E-state index is 12.6. The second-order valence-electron chi connectivity index (χ2n) is 4.38. The van der Waals surface area contributed by atoms with Gasteiger partial charge in [-0.15, -0.1) is 0 Å². The van der Waals surface area contributed by atoms with E-state index in [9.17, 15) is 4.79 Å². The second-order valence-corrected chi connectivity index (χ2v) is 6.65. The molecule has 100 valence electrons. The molecule has 1 heterocycles. The van der Waals surface area contributed by atoms with Gasteiger partial charge in [-0.1, -0.05) is 49.5 Å². The minimum Gasteiger partial charge on any atom is -0.360 e. The van der Waals surface area contributed by atoms with Gasteiger partial charge >= 0.3 is 0 Å². The number of carbonyl (C=O) groups excluding carboxylic acids is 1. The van der Waals surface area contributed by atoms with E-state index in [1.165, 1.54) is 0 Å². The molecule has 0 unspecified atom stereocenters. The summed E-state index contributed by atoms with van der Waals surface area (Å²) in [7, 11) is 0. The van der Waals surface area contributed by atoms with E-state index in [4.69, 9.17) is 11.6 Å². The van der Waals surface area contributed by atoms with Crippen molar-refractivity contribution in [1.29, 1.82) is 0 Å². The summed E-state index contributed by atoms with van der Waals surface area (Å²) in [6.07, 6.45) is 1.73. The number of hydrogen-bond acceptors (Lipinski definition) is 1. The van der Waals surface area contributed by atoms with Crippen molar-refractivity contribution in [3.05, 3.63) is 67.7 Å². The van der Waals surface area contributed by atoms with E-state index < -0.39 is 0 Å². The van der Waals surface area contributed by atoms with Gasteiger partial charge in [0.05, 0.1) is 0 Å². The van der Waals surface area contributed by atoms with Crippen molar-refractivity contribution in [1.82, 2.24) is 4.98 Å². The molecule has 0 amide bonds. The molecule has 0 spiro atoms. The highest BCUT2D eigenvalue weighted by Gasteiger charge is 2.15. The molecule has 2 nitrogen and oxygen atoms in total. The molecule has 5 heteroatoms. The van der Waals surface area contributed by atoms with Crippen LogP contribution in [0.3, 0.4) is 0 Å². The van der Waals surface area contributed by atoms with Gasteiger partial charge in [-0.2, -0.15) is 0 Å². The summed E-state index contributed by atoms with van der Waals surface area (Å²) in [6, 6.07) is 11.0. The van der Waals surface area contributed by atoms with Crippen LogP contribution in [0, 0.1) is 0 Å². The van der Waals surface area contributed by atoms with Crippen LogP contribution >= 0.6 is 43.5 Å². The molecule has 0 atom stereocenters. The minimum absolute atomic E-state index is 0.0539. The molecule has 0 saturated carbocycles. The Morgan fingerprint density at radius 1 is 1.05 bits per heavy atom. The van der Waals surface area contributed by atoms with Gasteiger partial charge in [-0.3, -0.25) is 4.79 Å². The lowest BCUT2D eigenvalue weighted by atomic mass is 10.0. The van der Waals surface area contributed by atoms with Gasteiger partial charge < -0.3 is 4.98 Å². The Morgan fingerprint density at radius 3 is 2.60 bits per heavy atom. The highest BCUT2D eigenvalue weighted by molar-refractivity contribution is 9.10. The van der Waals surface area contributed by atoms with Crippen LogP contribution in [0.15, 0.2) is 51.5 Å². The van der Waals surface area contributed by atoms with Crippen LogP contribution < -0.4 is 0 Å². The van der Waals surface area contributed by atoms with Crippen molar-refractivity contribution in [2.24, 2.45) is 0 Å². The lowest BCUT2D eigenvalue weighted by molar-refractivity contribution is 0.104. The first-order valence-electron chi connectivity index (χ1n) is 5.82. The molecule has 0 aliphatic heterocycles. The Bertz CT molecular complexity index is 806. The highest BCUT2D eigenvalue weighted by Crippen LogP contribution is 2.26. The summed E-state index contributed by atoms with van der Waals surface area (Å²) >= 11 is 12.8. The highest BCUT2D eigenvalue weighted by atomic mass is 79.9. The number of ketones is 1. The Kier molecular flexibility index (Phi) is 3.71. The number of nitrogens with one attached hydrogen (secondary N) is 1. The van der Waals surface area contributed by atoms with E-state index in [1.807, 2.05) is 18.2 Å². The predicted octanol–water partition coefficient (Wildman–Crippen LogP) is 5.58. The van der Waals surface area contributed by atoms with Crippen molar-refractivity contribution < 1.29 is 4.79 Å². The number of H-pyrrole nitrogens is 1. The first-order valence-corrected chi connectivity index (χ1v) is 7.78. The average Bonchev–Trinajstić information content (AvgIpc) is 2.79. The predicted molar refractivity (Wildman–Crippen MR) is 88.6 cm³/mol. The Labute approximate surface area is 137 Å².